The summed E-state index contributed by atoms with van der Waals surface area (Å²) in [5, 5.41) is 29.1. The van der Waals surface area contributed by atoms with Crippen molar-refractivity contribution in [1.82, 2.24) is 10.3 Å². The van der Waals surface area contributed by atoms with Crippen molar-refractivity contribution in [3.05, 3.63) is 119 Å². The van der Waals surface area contributed by atoms with Crippen molar-refractivity contribution in [2.24, 2.45) is 5.41 Å². The van der Waals surface area contributed by atoms with E-state index in [0.717, 1.165) is 24.2 Å². The molecule has 7 rings (SSSR count). The number of nitrogens with zero attached hydrogens (tertiary/aromatic N) is 3. The Morgan fingerprint density at radius 3 is 2.01 bits per heavy atom. The molecule has 3 heterocycles. The number of carbonyl (C=O) groups is 2. The van der Waals surface area contributed by atoms with Crippen LogP contribution in [0.25, 0.3) is 27.1 Å². The number of hydrogen-bond donors (Lipinski definition) is 7. The maximum absolute atomic E-state index is 13.5. The summed E-state index contributed by atoms with van der Waals surface area (Å²) in [4.78, 5) is 30.6. The average Bonchev–Trinajstić information content (AvgIpc) is 1.64. The van der Waals surface area contributed by atoms with Crippen molar-refractivity contribution in [3.8, 4) is 0 Å². The van der Waals surface area contributed by atoms with Crippen LogP contribution in [0.2, 0.25) is 0 Å². The van der Waals surface area contributed by atoms with Crippen LogP contribution in [0.5, 0.6) is 0 Å². The van der Waals surface area contributed by atoms with Crippen LogP contribution in [0.1, 0.15) is 114 Å². The second kappa shape index (κ2) is 26.4. The third-order valence-corrected chi connectivity index (χ3v) is 19.3. The van der Waals surface area contributed by atoms with E-state index in [1.54, 1.807) is 73.1 Å². The van der Waals surface area contributed by atoms with E-state index in [1.807, 2.05) is 39.5 Å². The van der Waals surface area contributed by atoms with Gasteiger partial charge in [0.1, 0.15) is 17.2 Å². The first kappa shape index (κ1) is 67.0. The van der Waals surface area contributed by atoms with Crippen LogP contribution in [0.4, 0.5) is 11.4 Å². The molecule has 30 heteroatoms. The summed E-state index contributed by atoms with van der Waals surface area (Å²) in [5.41, 5.74) is 1.21. The fourth-order valence-corrected chi connectivity index (χ4v) is 14.0. The molecule has 0 fully saturated rings. The lowest BCUT2D eigenvalue weighted by atomic mass is 9.79. The topological polar surface area (TPSA) is 360 Å². The molecule has 7 N–H and O–H groups in total. The molecule has 4 aromatic carbocycles. The molecule has 0 saturated heterocycles. The molecule has 460 valence electrons. The molecule has 5 aromatic rings. The lowest BCUT2D eigenvalue weighted by Gasteiger charge is -2.27. The van der Waals surface area contributed by atoms with E-state index in [4.69, 9.17) is 19.8 Å². The molecular formula is C55H65N4O20S6+. The molecular weight excluding hydrogens is 1230 g/mol. The summed E-state index contributed by atoms with van der Waals surface area (Å²) < 4.78 is 153. The van der Waals surface area contributed by atoms with E-state index in [-0.39, 0.29) is 52.3 Å². The first-order valence-electron chi connectivity index (χ1n) is 26.3. The summed E-state index contributed by atoms with van der Waals surface area (Å²) in [6.45, 7) is 13.4. The monoisotopic (exact) mass is 1290 g/mol. The zero-order valence-corrected chi connectivity index (χ0v) is 52.0. The number of pyridine rings is 1. The highest BCUT2D eigenvalue weighted by molar-refractivity contribution is 7.95. The van der Waals surface area contributed by atoms with E-state index in [9.17, 15) is 61.5 Å². The molecule has 85 heavy (non-hydrogen) atoms. The van der Waals surface area contributed by atoms with Crippen molar-refractivity contribution in [2.45, 2.75) is 117 Å². The van der Waals surface area contributed by atoms with Gasteiger partial charge in [-0.25, -0.2) is 10.5 Å². The van der Waals surface area contributed by atoms with Crippen LogP contribution in [-0.2, 0) is 74.8 Å². The minimum absolute atomic E-state index is 0.00955. The third kappa shape index (κ3) is 15.6. The number of anilines is 1. The molecule has 1 aromatic heterocycles. The van der Waals surface area contributed by atoms with Gasteiger partial charge in [0.15, 0.2) is 5.71 Å². The number of hydrogen-bond acceptors (Lipinski definition) is 20. The predicted octanol–water partition coefficient (Wildman–Crippen LogP) is 9.90. The lowest BCUT2D eigenvalue weighted by molar-refractivity contribution is -0.437. The fraction of sp³-hybridized carbons (Fsp3) is 0.382. The largest absolute Gasteiger partial charge is 0.352 e. The van der Waals surface area contributed by atoms with E-state index in [1.165, 1.54) is 18.3 Å². The molecule has 0 unspecified atom stereocenters. The van der Waals surface area contributed by atoms with Gasteiger partial charge in [0, 0.05) is 106 Å². The number of fused-ring (bicyclic) bond motifs is 6. The molecule has 0 bridgehead atoms. The van der Waals surface area contributed by atoms with Gasteiger partial charge in [0.2, 0.25) is 5.69 Å². The number of benzene rings is 4. The third-order valence-electron chi connectivity index (χ3n) is 14.7. The fourth-order valence-electron chi connectivity index (χ4n) is 10.7. The number of nitrogens with one attached hydrogen (secondary N) is 1. The minimum Gasteiger partial charge on any atom is -0.352 e. The van der Waals surface area contributed by atoms with Crippen LogP contribution < -0.4 is 10.2 Å². The summed E-state index contributed by atoms with van der Waals surface area (Å²) in [6, 6.07) is 13.7. The zero-order valence-electron chi connectivity index (χ0n) is 47.1. The second-order valence-electron chi connectivity index (χ2n) is 22.2. The van der Waals surface area contributed by atoms with Crippen LogP contribution in [0.15, 0.2) is 116 Å². The standard InChI is InChI=1S/C55H64N4O20S6/c1-53(2,3)49(60)13-9-8-10-24-56-52(61)35-14-19-42(57-33-35)34(15-22-47-55(6,7)51-41-30-37(84(70,71)72)32-46(85(73,74)75)39(41)18-21-44(51)58(47)25-11-27-80-78-76-62)16-23-48-54(4,5)50-40-29-36(83(67,68)69)31-45(81-79-77-63)38(40)17-20-43(50)59(48)26-12-28-82(64,65)66/h14-23,29-33H,8-13,24-28H2,1-7H3,(H6-,56,61,62,63,64,65,66,67,68,69,70,71,72,73,74,75)/p+1. The lowest BCUT2D eigenvalue weighted by Crippen LogP contribution is -2.28. The SMILES string of the molecule is CC(C)(C)C(=O)CCCCCNC(=O)c1ccc(C(=C\C=C2\N(CCCSOOO)c3ccc4c(S(=O)(=O)O)cc(S(=O)(=O)O)cc4c3C2(C)C)/C=C/C2=[N+](CCCS(=O)(=O)O)c3ccc4c(SOOO)cc(S(=O)(=O)O)cc4c3C2(C)C)nc1. The molecule has 0 aliphatic carbocycles. The quantitative estimate of drug-likeness (QED) is 0.00489. The molecule has 0 atom stereocenters. The van der Waals surface area contributed by atoms with Gasteiger partial charge in [0.05, 0.1) is 44.3 Å². The Kier molecular flexibility index (Phi) is 20.8. The minimum atomic E-state index is -5.08. The Morgan fingerprint density at radius 1 is 0.741 bits per heavy atom. The van der Waals surface area contributed by atoms with Crippen LogP contribution >= 0.6 is 24.1 Å². The summed E-state index contributed by atoms with van der Waals surface area (Å²) >= 11 is 1.26. The zero-order chi connectivity index (χ0) is 62.7. The highest BCUT2D eigenvalue weighted by atomic mass is 32.2. The predicted molar refractivity (Wildman–Crippen MR) is 319 cm³/mol. The van der Waals surface area contributed by atoms with Gasteiger partial charge in [-0.3, -0.25) is 32.8 Å². The van der Waals surface area contributed by atoms with Gasteiger partial charge in [-0.1, -0.05) is 63.3 Å². The Morgan fingerprint density at radius 2 is 1.40 bits per heavy atom. The Balaban J connectivity index is 1.41. The smallest absolute Gasteiger partial charge is 0.295 e. The molecule has 0 spiro atoms. The maximum Gasteiger partial charge on any atom is 0.295 e. The Bertz CT molecular complexity index is 4030. The van der Waals surface area contributed by atoms with Crippen LogP contribution in [0, 0.1) is 5.41 Å². The van der Waals surface area contributed by atoms with Crippen molar-refractivity contribution in [1.29, 1.82) is 0 Å². The second-order valence-corrected chi connectivity index (χ2v) is 29.5. The van der Waals surface area contributed by atoms with E-state index < -0.39 is 83.1 Å². The van der Waals surface area contributed by atoms with E-state index >= 15 is 0 Å². The summed E-state index contributed by atoms with van der Waals surface area (Å²) in [5.74, 6) is -0.613. The molecule has 1 amide bonds. The van der Waals surface area contributed by atoms with Gasteiger partial charge in [0.25, 0.3) is 46.4 Å². The van der Waals surface area contributed by atoms with Gasteiger partial charge in [-0.05, 0) is 116 Å². The summed E-state index contributed by atoms with van der Waals surface area (Å²) in [6.07, 6.45) is 11.0. The van der Waals surface area contributed by atoms with Crippen molar-refractivity contribution >= 4 is 120 Å². The number of aromatic nitrogens is 1. The number of allylic oxidation sites excluding steroid dienone is 6. The highest BCUT2D eigenvalue weighted by Crippen LogP contribution is 2.52. The molecule has 2 aliphatic heterocycles. The van der Waals surface area contributed by atoms with E-state index in [2.05, 4.69) is 19.7 Å². The van der Waals surface area contributed by atoms with Gasteiger partial charge < -0.3 is 10.2 Å². The molecule has 0 radical (unpaired) electrons. The number of ketones is 1. The average molecular weight is 1290 g/mol. The number of carbonyl (C=O) groups excluding carboxylic acids is 2. The van der Waals surface area contributed by atoms with Crippen molar-refractivity contribution in [3.63, 3.8) is 0 Å². The number of unbranched alkanes of at least 4 members (excludes halogenated alkanes) is 2. The first-order chi connectivity index (χ1) is 39.6. The first-order valence-corrected chi connectivity index (χ1v) is 33.8. The van der Waals surface area contributed by atoms with Gasteiger partial charge in [-0.15, -0.1) is 8.67 Å². The Labute approximate surface area is 501 Å². The number of amides is 1. The Hall–Kier alpha value is -5.52. The van der Waals surface area contributed by atoms with Crippen LogP contribution in [0.3, 0.4) is 0 Å². The molecule has 0 saturated carbocycles. The van der Waals surface area contributed by atoms with Crippen molar-refractivity contribution in [2.75, 3.05) is 36.0 Å². The van der Waals surface area contributed by atoms with Crippen molar-refractivity contribution < 1.29 is 95.3 Å². The highest BCUT2D eigenvalue weighted by Gasteiger charge is 2.47. The number of rotatable bonds is 27. The molecule has 2 aliphatic rings. The summed E-state index contributed by atoms with van der Waals surface area (Å²) in [7, 11) is -19.4. The van der Waals surface area contributed by atoms with Gasteiger partial charge in [-0.2, -0.15) is 38.2 Å². The number of Topliss-reactive ketones (excluding diaryl/α,β-unsaturated/α-hetero) is 1. The van der Waals surface area contributed by atoms with Gasteiger partial charge >= 0.3 is 0 Å². The van der Waals surface area contributed by atoms with E-state index in [0.29, 0.717) is 113 Å². The molecule has 24 nitrogen and oxygen atoms in total. The maximum atomic E-state index is 13.5. The van der Waals surface area contributed by atoms with Crippen LogP contribution in [-0.4, -0.2) is 120 Å². The normalized spacial score (nSPS) is 16.1.